The Hall–Kier alpha value is -0.333. The zero-order valence-corrected chi connectivity index (χ0v) is 8.51. The van der Waals surface area contributed by atoms with Crippen LogP contribution >= 0.6 is 0 Å². The van der Waals surface area contributed by atoms with Crippen molar-refractivity contribution in [2.24, 2.45) is 0 Å². The van der Waals surface area contributed by atoms with Gasteiger partial charge in [0, 0.05) is 13.0 Å². The number of hydrogen-bond acceptors (Lipinski definition) is 2. The minimum atomic E-state index is -0.438. The fourth-order valence-corrected chi connectivity index (χ4v) is 3.70. The molecule has 1 heterocycles. The van der Waals surface area contributed by atoms with Crippen molar-refractivity contribution in [3.63, 3.8) is 0 Å². The molecule has 0 N–H and O–H groups in total. The topological polar surface area (TPSA) is 33.0 Å². The highest BCUT2D eigenvalue weighted by atomic mass is 28.3. The van der Waals surface area contributed by atoms with Crippen molar-refractivity contribution in [2.75, 3.05) is 6.61 Å². The predicted octanol–water partition coefficient (Wildman–Crippen LogP) is 2.48. The Kier molecular flexibility index (Phi) is 5.05. The van der Waals surface area contributed by atoms with E-state index in [1.807, 2.05) is 0 Å². The molecule has 0 aliphatic carbocycles. The van der Waals surface area contributed by atoms with Gasteiger partial charge in [0.15, 0.2) is 0 Å². The quantitative estimate of drug-likeness (QED) is 0.494. The second-order valence-corrected chi connectivity index (χ2v) is 5.58. The summed E-state index contributed by atoms with van der Waals surface area (Å²) in [5, 5.41) is 8.33. The average molecular weight is 182 g/mol. The van der Waals surface area contributed by atoms with Gasteiger partial charge >= 0.3 is 0 Å². The summed E-state index contributed by atoms with van der Waals surface area (Å²) in [4.78, 5) is 0. The zero-order valence-electron chi connectivity index (χ0n) is 7.51. The second kappa shape index (κ2) is 6.21. The monoisotopic (exact) mass is 182 g/mol. The predicted molar refractivity (Wildman–Crippen MR) is 50.0 cm³/mol. The van der Waals surface area contributed by atoms with Gasteiger partial charge in [0.1, 0.15) is 0 Å². The van der Waals surface area contributed by atoms with Crippen LogP contribution in [-0.2, 0) is 4.43 Å². The highest BCUT2D eigenvalue weighted by Crippen LogP contribution is 2.16. The van der Waals surface area contributed by atoms with Crippen LogP contribution < -0.4 is 0 Å². The van der Waals surface area contributed by atoms with E-state index < -0.39 is 9.04 Å². The van der Waals surface area contributed by atoms with Gasteiger partial charge in [-0.2, -0.15) is 5.26 Å². The van der Waals surface area contributed by atoms with Crippen molar-refractivity contribution in [3.05, 3.63) is 0 Å². The summed E-state index contributed by atoms with van der Waals surface area (Å²) in [5.74, 6) is 0. The molecule has 1 fully saturated rings. The first-order chi connectivity index (χ1) is 5.93. The van der Waals surface area contributed by atoms with Crippen molar-refractivity contribution < 1.29 is 4.43 Å². The van der Waals surface area contributed by atoms with Gasteiger partial charge in [-0.1, -0.05) is 12.8 Å². The summed E-state index contributed by atoms with van der Waals surface area (Å²) in [6.07, 6.45) is 5.60. The normalized spacial score (nSPS) is 18.9. The van der Waals surface area contributed by atoms with E-state index in [2.05, 4.69) is 6.07 Å². The van der Waals surface area contributed by atoms with Gasteiger partial charge in [-0.05, 0) is 24.9 Å². The van der Waals surface area contributed by atoms with E-state index in [4.69, 9.17) is 9.69 Å². The molecular formula is C9H16NOSi. The molecule has 3 heteroatoms. The first kappa shape index (κ1) is 9.75. The van der Waals surface area contributed by atoms with Gasteiger partial charge < -0.3 is 4.43 Å². The number of nitrogens with zero attached hydrogens (tertiary/aromatic N) is 1. The van der Waals surface area contributed by atoms with E-state index in [-0.39, 0.29) is 0 Å². The number of rotatable bonds is 4. The summed E-state index contributed by atoms with van der Waals surface area (Å²) in [6.45, 7) is 0.993. The molecule has 0 aromatic heterocycles. The lowest BCUT2D eigenvalue weighted by atomic mass is 10.3. The molecule has 67 valence electrons. The van der Waals surface area contributed by atoms with Gasteiger partial charge in [-0.15, -0.1) is 0 Å². The van der Waals surface area contributed by atoms with Gasteiger partial charge in [-0.25, -0.2) is 0 Å². The van der Waals surface area contributed by atoms with Crippen LogP contribution in [0.1, 0.15) is 32.1 Å². The molecule has 0 aromatic carbocycles. The largest absolute Gasteiger partial charge is 0.417 e. The van der Waals surface area contributed by atoms with Crippen LogP contribution in [0.2, 0.25) is 12.1 Å². The summed E-state index contributed by atoms with van der Waals surface area (Å²) < 4.78 is 5.68. The molecule has 0 amide bonds. The molecule has 1 aliphatic rings. The average Bonchev–Trinajstić information content (AvgIpc) is 2.14. The molecule has 0 aromatic rings. The van der Waals surface area contributed by atoms with Crippen molar-refractivity contribution in [3.8, 4) is 6.07 Å². The van der Waals surface area contributed by atoms with E-state index in [1.165, 1.54) is 31.4 Å². The molecular weight excluding hydrogens is 166 g/mol. The molecule has 0 spiro atoms. The third-order valence-electron chi connectivity index (χ3n) is 2.15. The highest BCUT2D eigenvalue weighted by Gasteiger charge is 2.15. The lowest BCUT2D eigenvalue weighted by Crippen LogP contribution is -2.22. The second-order valence-electron chi connectivity index (χ2n) is 3.21. The first-order valence-electron chi connectivity index (χ1n) is 4.78. The Morgan fingerprint density at radius 3 is 2.92 bits per heavy atom. The minimum Gasteiger partial charge on any atom is -0.417 e. The fourth-order valence-electron chi connectivity index (χ4n) is 1.44. The molecule has 0 unspecified atom stereocenters. The summed E-state index contributed by atoms with van der Waals surface area (Å²) in [5.41, 5.74) is 0. The third-order valence-corrected chi connectivity index (χ3v) is 4.59. The smallest absolute Gasteiger partial charge is 0.211 e. The van der Waals surface area contributed by atoms with Gasteiger partial charge in [0.2, 0.25) is 9.04 Å². The van der Waals surface area contributed by atoms with Gasteiger partial charge in [0.25, 0.3) is 0 Å². The fraction of sp³-hybridized carbons (Fsp3) is 0.889. The van der Waals surface area contributed by atoms with Crippen molar-refractivity contribution in [1.82, 2.24) is 0 Å². The maximum atomic E-state index is 8.33. The minimum absolute atomic E-state index is 0.438. The molecule has 2 nitrogen and oxygen atoms in total. The Morgan fingerprint density at radius 1 is 1.33 bits per heavy atom. The van der Waals surface area contributed by atoms with Crippen molar-refractivity contribution in [2.45, 2.75) is 44.2 Å². The van der Waals surface area contributed by atoms with Crippen LogP contribution in [0.15, 0.2) is 0 Å². The molecule has 12 heavy (non-hydrogen) atoms. The van der Waals surface area contributed by atoms with Crippen LogP contribution in [0.4, 0.5) is 0 Å². The SMILES string of the molecule is N#CCCCC[Si]1CCCCO1. The molecule has 1 aliphatic heterocycles. The van der Waals surface area contributed by atoms with Crippen LogP contribution in [-0.4, -0.2) is 15.6 Å². The first-order valence-corrected chi connectivity index (χ1v) is 6.60. The van der Waals surface area contributed by atoms with E-state index >= 15 is 0 Å². The number of nitriles is 1. The lowest BCUT2D eigenvalue weighted by Gasteiger charge is -2.19. The summed E-state index contributed by atoms with van der Waals surface area (Å²) >= 11 is 0. The Balaban J connectivity index is 1.95. The maximum absolute atomic E-state index is 8.33. The Labute approximate surface area is 76.3 Å². The lowest BCUT2D eigenvalue weighted by molar-refractivity contribution is 0.285. The number of hydrogen-bond donors (Lipinski definition) is 0. The number of unbranched alkanes of at least 4 members (excludes halogenated alkanes) is 2. The van der Waals surface area contributed by atoms with Crippen LogP contribution in [0.3, 0.4) is 0 Å². The van der Waals surface area contributed by atoms with E-state index in [0.717, 1.165) is 19.4 Å². The highest BCUT2D eigenvalue weighted by molar-refractivity contribution is 6.51. The molecule has 1 rings (SSSR count). The van der Waals surface area contributed by atoms with E-state index in [1.54, 1.807) is 0 Å². The van der Waals surface area contributed by atoms with Crippen molar-refractivity contribution in [1.29, 1.82) is 5.26 Å². The van der Waals surface area contributed by atoms with Crippen LogP contribution in [0.25, 0.3) is 0 Å². The van der Waals surface area contributed by atoms with Gasteiger partial charge in [0.05, 0.1) is 6.07 Å². The maximum Gasteiger partial charge on any atom is 0.211 e. The molecule has 1 saturated heterocycles. The van der Waals surface area contributed by atoms with Crippen molar-refractivity contribution >= 4 is 9.04 Å². The van der Waals surface area contributed by atoms with Crippen LogP contribution in [0.5, 0.6) is 0 Å². The van der Waals surface area contributed by atoms with Gasteiger partial charge in [-0.3, -0.25) is 0 Å². The van der Waals surface area contributed by atoms with E-state index in [9.17, 15) is 0 Å². The Morgan fingerprint density at radius 2 is 2.25 bits per heavy atom. The Bertz CT molecular complexity index is 149. The molecule has 0 bridgehead atoms. The molecule has 0 saturated carbocycles. The summed E-state index contributed by atoms with van der Waals surface area (Å²) in [6, 6.07) is 4.76. The zero-order chi connectivity index (χ0) is 8.65. The molecule has 1 radical (unpaired) electrons. The standard InChI is InChI=1S/C9H16NOSi/c10-6-2-1-4-8-12-9-5-3-7-11-12/h1-5,7-9H2. The summed E-state index contributed by atoms with van der Waals surface area (Å²) in [7, 11) is -0.438. The van der Waals surface area contributed by atoms with Crippen LogP contribution in [0, 0.1) is 11.3 Å². The third kappa shape index (κ3) is 3.89. The molecule has 0 atom stereocenters. The van der Waals surface area contributed by atoms with E-state index in [0.29, 0.717) is 0 Å².